The molecule has 5 aliphatic carbocycles. The number of alkyl halides is 2. The highest BCUT2D eigenvalue weighted by Crippen LogP contribution is 2.89. The molecule has 0 aromatic rings. The average molecular weight is 273 g/mol. The quantitative estimate of drug-likeness (QED) is 0.441. The zero-order chi connectivity index (χ0) is 11.7. The number of nitrogens with zero attached hydrogens (tertiary/aromatic N) is 2. The largest absolute Gasteiger partial charge is 0.182 e. The van der Waals surface area contributed by atoms with Crippen molar-refractivity contribution in [2.24, 2.45) is 57.7 Å². The first kappa shape index (κ1) is 9.68. The van der Waals surface area contributed by atoms with Crippen LogP contribution in [0.2, 0.25) is 0 Å². The van der Waals surface area contributed by atoms with Crippen LogP contribution >= 0.6 is 23.2 Å². The highest BCUT2D eigenvalue weighted by Gasteiger charge is 2.92. The van der Waals surface area contributed by atoms with Gasteiger partial charge >= 0.3 is 0 Å². The lowest BCUT2D eigenvalue weighted by Crippen LogP contribution is -2.58. The molecule has 0 radical (unpaired) electrons. The summed E-state index contributed by atoms with van der Waals surface area (Å²) in [5.74, 6) is 1.90. The number of hydrogen-bond donors (Lipinski definition) is 0. The Morgan fingerprint density at radius 1 is 0.824 bits per heavy atom. The maximum Gasteiger partial charge on any atom is 0.182 e. The predicted molar refractivity (Wildman–Crippen MR) is 61.3 cm³/mol. The smallest absolute Gasteiger partial charge is 0.149 e. The molecule has 5 saturated carbocycles. The highest BCUT2D eigenvalue weighted by molar-refractivity contribution is 6.27. The summed E-state index contributed by atoms with van der Waals surface area (Å²) in [5.41, 5.74) is 0. The fourth-order valence-corrected chi connectivity index (χ4v) is 7.84. The second-order valence-corrected chi connectivity index (χ2v) is 7.67. The van der Waals surface area contributed by atoms with E-state index in [0.29, 0.717) is 23.7 Å². The van der Waals surface area contributed by atoms with Gasteiger partial charge in [0.25, 0.3) is 0 Å². The van der Waals surface area contributed by atoms with Crippen molar-refractivity contribution >= 4 is 23.2 Å². The average Bonchev–Trinajstić information content (AvgIpc) is 2.79. The van der Waals surface area contributed by atoms with Gasteiger partial charge in [-0.05, 0) is 40.4 Å². The molecule has 0 N–H and O–H groups in total. The molecule has 0 aliphatic heterocycles. The summed E-state index contributed by atoms with van der Waals surface area (Å²) in [7, 11) is 0. The first-order chi connectivity index (χ1) is 8.09. The van der Waals surface area contributed by atoms with Gasteiger partial charge in [-0.1, -0.05) is 23.2 Å². The zero-order valence-electron chi connectivity index (χ0n) is 8.79. The van der Waals surface area contributed by atoms with Crippen molar-refractivity contribution in [1.82, 2.24) is 0 Å². The lowest BCUT2D eigenvalue weighted by molar-refractivity contribution is -0.0112. The van der Waals surface area contributed by atoms with Gasteiger partial charge in [-0.2, -0.15) is 0 Å². The van der Waals surface area contributed by atoms with Crippen LogP contribution in [-0.4, -0.2) is 10.00 Å². The van der Waals surface area contributed by atoms with Crippen LogP contribution in [0.3, 0.4) is 0 Å². The predicted octanol–water partition coefficient (Wildman–Crippen LogP) is 2.78. The van der Waals surface area contributed by atoms with Crippen LogP contribution < -0.4 is 0 Å². The van der Waals surface area contributed by atoms with Gasteiger partial charge in [0.2, 0.25) is 0 Å². The van der Waals surface area contributed by atoms with Crippen LogP contribution in [0, 0.1) is 57.2 Å². The molecule has 4 nitrogen and oxygen atoms in total. The van der Waals surface area contributed by atoms with Crippen molar-refractivity contribution in [3.05, 3.63) is 9.81 Å². The Kier molecular flexibility index (Phi) is 1.30. The molecule has 5 rings (SSSR count). The summed E-state index contributed by atoms with van der Waals surface area (Å²) >= 11 is 13.0. The van der Waals surface area contributed by atoms with Gasteiger partial charge < -0.3 is 0 Å². The molecule has 17 heavy (non-hydrogen) atoms. The summed E-state index contributed by atoms with van der Waals surface area (Å²) in [4.78, 5) is 20.4. The van der Waals surface area contributed by atoms with Gasteiger partial charge in [0.15, 0.2) is 10.00 Å². The standard InChI is InChI=1S/C11H10Cl2N2O2/c12-10(14-16)6-2-1-3-5-4(2)8(10)9(5)11(13,15-17)7(3)6/h2-9H,1H2. The van der Waals surface area contributed by atoms with E-state index in [1.54, 1.807) is 0 Å². The third-order valence-corrected chi connectivity index (χ3v) is 7.80. The Bertz CT molecular complexity index is 442. The van der Waals surface area contributed by atoms with Crippen LogP contribution in [0.4, 0.5) is 0 Å². The number of fused-ring (bicyclic) bond motifs is 2. The van der Waals surface area contributed by atoms with E-state index in [4.69, 9.17) is 23.2 Å². The fraction of sp³-hybridized carbons (Fsp3) is 1.00. The van der Waals surface area contributed by atoms with Gasteiger partial charge in [0.1, 0.15) is 0 Å². The van der Waals surface area contributed by atoms with Crippen molar-refractivity contribution in [2.75, 3.05) is 0 Å². The van der Waals surface area contributed by atoms with Gasteiger partial charge in [-0.25, -0.2) is 0 Å². The second kappa shape index (κ2) is 2.29. The Labute approximate surface area is 107 Å². The molecule has 90 valence electrons. The minimum absolute atomic E-state index is 0.000571. The molecule has 0 aromatic heterocycles. The van der Waals surface area contributed by atoms with E-state index < -0.39 is 10.00 Å². The van der Waals surface area contributed by atoms with Crippen LogP contribution in [0.1, 0.15) is 6.42 Å². The van der Waals surface area contributed by atoms with Crippen molar-refractivity contribution < 1.29 is 0 Å². The lowest BCUT2D eigenvalue weighted by Gasteiger charge is -2.52. The normalized spacial score (nSPS) is 76.4. The van der Waals surface area contributed by atoms with E-state index in [1.807, 2.05) is 0 Å². The molecule has 10 atom stereocenters. The minimum atomic E-state index is -0.991. The third kappa shape index (κ3) is 0.615. The SMILES string of the molecule is O=NC1(Cl)C2C3CC4C5C3C1C5C(Cl)(N=O)C42. The van der Waals surface area contributed by atoms with Gasteiger partial charge in [0.05, 0.1) is 0 Å². The molecule has 5 aliphatic rings. The topological polar surface area (TPSA) is 58.9 Å². The molecular weight excluding hydrogens is 263 g/mol. The summed E-state index contributed by atoms with van der Waals surface area (Å²) in [6, 6.07) is 0. The molecule has 5 fully saturated rings. The molecule has 6 heteroatoms. The molecule has 0 saturated heterocycles. The maximum atomic E-state index is 11.2. The number of nitroso groups, excluding NO2 is 2. The molecule has 0 aromatic carbocycles. The van der Waals surface area contributed by atoms with E-state index in [-0.39, 0.29) is 23.7 Å². The minimum Gasteiger partial charge on any atom is -0.149 e. The summed E-state index contributed by atoms with van der Waals surface area (Å²) < 4.78 is 0. The fourth-order valence-electron chi connectivity index (χ4n) is 6.68. The van der Waals surface area contributed by atoms with E-state index >= 15 is 0 Å². The van der Waals surface area contributed by atoms with Crippen molar-refractivity contribution in [2.45, 2.75) is 16.4 Å². The summed E-state index contributed by atoms with van der Waals surface area (Å²) in [6.45, 7) is 0. The van der Waals surface area contributed by atoms with E-state index in [1.165, 1.54) is 0 Å². The first-order valence-electron chi connectivity index (χ1n) is 6.16. The molecular formula is C11H10Cl2N2O2. The van der Waals surface area contributed by atoms with Gasteiger partial charge in [-0.3, -0.25) is 0 Å². The van der Waals surface area contributed by atoms with Crippen LogP contribution in [0.25, 0.3) is 0 Å². The monoisotopic (exact) mass is 272 g/mol. The Morgan fingerprint density at radius 2 is 1.24 bits per heavy atom. The number of halogens is 2. The Balaban J connectivity index is 1.80. The summed E-state index contributed by atoms with van der Waals surface area (Å²) in [6.07, 6.45) is 1.08. The highest BCUT2D eigenvalue weighted by atomic mass is 35.5. The van der Waals surface area contributed by atoms with E-state index in [0.717, 1.165) is 6.42 Å². The number of hydrogen-bond acceptors (Lipinski definition) is 4. The van der Waals surface area contributed by atoms with Gasteiger partial charge in [0, 0.05) is 23.7 Å². The Morgan fingerprint density at radius 3 is 1.59 bits per heavy atom. The van der Waals surface area contributed by atoms with Crippen molar-refractivity contribution in [1.29, 1.82) is 0 Å². The van der Waals surface area contributed by atoms with Crippen molar-refractivity contribution in [3.63, 3.8) is 0 Å². The van der Waals surface area contributed by atoms with Gasteiger partial charge in [-0.15, -0.1) is 9.81 Å². The molecule has 0 spiro atoms. The Hall–Kier alpha value is -0.220. The second-order valence-electron chi connectivity index (χ2n) is 6.46. The lowest BCUT2D eigenvalue weighted by atomic mass is 9.57. The molecule has 0 amide bonds. The van der Waals surface area contributed by atoms with Crippen LogP contribution in [0.5, 0.6) is 0 Å². The van der Waals surface area contributed by atoms with E-state index in [2.05, 4.69) is 10.4 Å². The zero-order valence-corrected chi connectivity index (χ0v) is 10.3. The van der Waals surface area contributed by atoms with E-state index in [9.17, 15) is 9.81 Å². The van der Waals surface area contributed by atoms with Crippen LogP contribution in [0.15, 0.2) is 10.4 Å². The van der Waals surface area contributed by atoms with Crippen molar-refractivity contribution in [3.8, 4) is 0 Å². The first-order valence-corrected chi connectivity index (χ1v) is 6.92. The maximum absolute atomic E-state index is 11.2. The summed E-state index contributed by atoms with van der Waals surface area (Å²) in [5, 5.41) is 6.50. The molecule has 10 unspecified atom stereocenters. The number of rotatable bonds is 2. The third-order valence-electron chi connectivity index (χ3n) is 6.65. The molecule has 2 bridgehead atoms. The van der Waals surface area contributed by atoms with Crippen LogP contribution in [-0.2, 0) is 0 Å². The molecule has 0 heterocycles.